The van der Waals surface area contributed by atoms with Crippen LogP contribution in [0.5, 0.6) is 11.5 Å². The van der Waals surface area contributed by atoms with Gasteiger partial charge in [-0.15, -0.1) is 0 Å². The summed E-state index contributed by atoms with van der Waals surface area (Å²) in [6.45, 7) is 1.06. The van der Waals surface area contributed by atoms with Gasteiger partial charge in [-0.25, -0.2) is 0 Å². The van der Waals surface area contributed by atoms with Crippen molar-refractivity contribution in [2.45, 2.75) is 6.92 Å². The standard InChI is InChI=1S/C20H21NO6/c1-13-5-4-6-14(9-13)20(24)21-11-19(23)27-12-17(22)16-10-15(25-2)7-8-18(16)26-3/h4-10H,11-12H2,1-3H3,(H,21,24). The third-order valence-electron chi connectivity index (χ3n) is 3.74. The Morgan fingerprint density at radius 3 is 2.44 bits per heavy atom. The smallest absolute Gasteiger partial charge is 0.325 e. The van der Waals surface area contributed by atoms with Crippen LogP contribution in [0.1, 0.15) is 26.3 Å². The van der Waals surface area contributed by atoms with E-state index in [1.54, 1.807) is 30.3 Å². The van der Waals surface area contributed by atoms with Gasteiger partial charge in [-0.05, 0) is 37.3 Å². The summed E-state index contributed by atoms with van der Waals surface area (Å²) < 4.78 is 15.2. The van der Waals surface area contributed by atoms with Crippen molar-refractivity contribution in [3.8, 4) is 11.5 Å². The van der Waals surface area contributed by atoms with Gasteiger partial charge in [0.2, 0.25) is 5.78 Å². The molecule has 27 heavy (non-hydrogen) atoms. The molecule has 0 unspecified atom stereocenters. The van der Waals surface area contributed by atoms with Gasteiger partial charge in [-0.1, -0.05) is 17.7 Å². The van der Waals surface area contributed by atoms with E-state index in [1.807, 2.05) is 13.0 Å². The molecule has 2 aromatic rings. The Kier molecular flexibility index (Phi) is 6.93. The molecule has 2 aromatic carbocycles. The maximum Gasteiger partial charge on any atom is 0.325 e. The quantitative estimate of drug-likeness (QED) is 0.565. The fourth-order valence-electron chi connectivity index (χ4n) is 2.35. The monoisotopic (exact) mass is 371 g/mol. The summed E-state index contributed by atoms with van der Waals surface area (Å²) >= 11 is 0. The normalized spacial score (nSPS) is 10.0. The van der Waals surface area contributed by atoms with Crippen LogP contribution in [-0.2, 0) is 9.53 Å². The van der Waals surface area contributed by atoms with Gasteiger partial charge in [0.05, 0.1) is 19.8 Å². The molecule has 7 heteroatoms. The van der Waals surface area contributed by atoms with Crippen molar-refractivity contribution in [2.75, 3.05) is 27.4 Å². The topological polar surface area (TPSA) is 90.9 Å². The number of methoxy groups -OCH3 is 2. The van der Waals surface area contributed by atoms with Gasteiger partial charge in [0, 0.05) is 5.56 Å². The van der Waals surface area contributed by atoms with E-state index in [0.717, 1.165) is 5.56 Å². The van der Waals surface area contributed by atoms with Crippen LogP contribution >= 0.6 is 0 Å². The number of aryl methyl sites for hydroxylation is 1. The number of ketones is 1. The molecule has 142 valence electrons. The molecule has 0 heterocycles. The lowest BCUT2D eigenvalue weighted by atomic mass is 10.1. The van der Waals surface area contributed by atoms with Crippen LogP contribution in [0.25, 0.3) is 0 Å². The minimum absolute atomic E-state index is 0.244. The summed E-state index contributed by atoms with van der Waals surface area (Å²) in [7, 11) is 2.92. The zero-order valence-corrected chi connectivity index (χ0v) is 15.4. The van der Waals surface area contributed by atoms with Crippen molar-refractivity contribution in [3.05, 3.63) is 59.2 Å². The zero-order valence-electron chi connectivity index (χ0n) is 15.4. The molecule has 0 atom stereocenters. The first-order chi connectivity index (χ1) is 12.9. The number of hydrogen-bond donors (Lipinski definition) is 1. The van der Waals surface area contributed by atoms with Crippen LogP contribution in [0.15, 0.2) is 42.5 Å². The van der Waals surface area contributed by atoms with Crippen LogP contribution in [-0.4, -0.2) is 45.0 Å². The molecule has 0 saturated heterocycles. The number of Topliss-reactive ketones (excluding diaryl/α,β-unsaturated/α-hetero) is 1. The van der Waals surface area contributed by atoms with Crippen LogP contribution in [0.2, 0.25) is 0 Å². The molecule has 0 saturated carbocycles. The molecular weight excluding hydrogens is 350 g/mol. The second-order valence-electron chi connectivity index (χ2n) is 5.70. The highest BCUT2D eigenvalue weighted by Crippen LogP contribution is 2.24. The third kappa shape index (κ3) is 5.57. The maximum atomic E-state index is 12.3. The highest BCUT2D eigenvalue weighted by atomic mass is 16.5. The largest absolute Gasteiger partial charge is 0.497 e. The second kappa shape index (κ2) is 9.38. The fourth-order valence-corrected chi connectivity index (χ4v) is 2.35. The van der Waals surface area contributed by atoms with Crippen molar-refractivity contribution < 1.29 is 28.6 Å². The first-order valence-corrected chi connectivity index (χ1v) is 8.20. The lowest BCUT2D eigenvalue weighted by Gasteiger charge is -2.10. The number of nitrogens with one attached hydrogen (secondary N) is 1. The minimum Gasteiger partial charge on any atom is -0.497 e. The molecule has 0 aliphatic carbocycles. The van der Waals surface area contributed by atoms with Crippen LogP contribution < -0.4 is 14.8 Å². The fraction of sp³-hybridized carbons (Fsp3) is 0.250. The van der Waals surface area contributed by atoms with Gasteiger partial charge in [0.25, 0.3) is 5.91 Å². The molecule has 2 rings (SSSR count). The summed E-state index contributed by atoms with van der Waals surface area (Å²) in [5.41, 5.74) is 1.62. The molecule has 0 aliphatic heterocycles. The zero-order chi connectivity index (χ0) is 19.8. The number of benzene rings is 2. The number of carbonyl (C=O) groups excluding carboxylic acids is 3. The Morgan fingerprint density at radius 1 is 1.00 bits per heavy atom. The summed E-state index contributed by atoms with van der Waals surface area (Å²) in [4.78, 5) is 36.1. The summed E-state index contributed by atoms with van der Waals surface area (Å²) in [5.74, 6) is -0.715. The maximum absolute atomic E-state index is 12.3. The summed E-state index contributed by atoms with van der Waals surface area (Å²) in [6, 6.07) is 11.7. The molecule has 0 spiro atoms. The average molecular weight is 371 g/mol. The Morgan fingerprint density at radius 2 is 1.78 bits per heavy atom. The molecule has 0 bridgehead atoms. The first kappa shape index (κ1) is 20.0. The molecule has 0 radical (unpaired) electrons. The average Bonchev–Trinajstić information content (AvgIpc) is 2.69. The van der Waals surface area contributed by atoms with Crippen molar-refractivity contribution in [1.82, 2.24) is 5.32 Å². The lowest BCUT2D eigenvalue weighted by Crippen LogP contribution is -2.31. The molecule has 0 aromatic heterocycles. The summed E-state index contributed by atoms with van der Waals surface area (Å²) in [5, 5.41) is 2.46. The van der Waals surface area contributed by atoms with Crippen LogP contribution in [0, 0.1) is 6.92 Å². The van der Waals surface area contributed by atoms with Crippen molar-refractivity contribution in [1.29, 1.82) is 0 Å². The van der Waals surface area contributed by atoms with Gasteiger partial charge < -0.3 is 19.5 Å². The third-order valence-corrected chi connectivity index (χ3v) is 3.74. The Bertz CT molecular complexity index is 846. The van der Waals surface area contributed by atoms with E-state index < -0.39 is 24.3 Å². The van der Waals surface area contributed by atoms with Crippen LogP contribution in [0.3, 0.4) is 0 Å². The molecule has 1 amide bonds. The van der Waals surface area contributed by atoms with E-state index in [9.17, 15) is 14.4 Å². The predicted molar refractivity (Wildman–Crippen MR) is 98.3 cm³/mol. The van der Waals surface area contributed by atoms with Crippen molar-refractivity contribution in [3.63, 3.8) is 0 Å². The highest BCUT2D eigenvalue weighted by Gasteiger charge is 2.16. The predicted octanol–water partition coefficient (Wildman–Crippen LogP) is 2.17. The van der Waals surface area contributed by atoms with Gasteiger partial charge in [-0.2, -0.15) is 0 Å². The minimum atomic E-state index is -0.716. The van der Waals surface area contributed by atoms with E-state index in [-0.39, 0.29) is 12.1 Å². The number of hydrogen-bond acceptors (Lipinski definition) is 6. The number of esters is 1. The first-order valence-electron chi connectivity index (χ1n) is 8.20. The van der Waals surface area contributed by atoms with Gasteiger partial charge in [0.1, 0.15) is 18.0 Å². The number of carbonyl (C=O) groups is 3. The summed E-state index contributed by atoms with van der Waals surface area (Å²) in [6.07, 6.45) is 0. The molecule has 0 aliphatic rings. The SMILES string of the molecule is COc1ccc(OC)c(C(=O)COC(=O)CNC(=O)c2cccc(C)c2)c1. The number of ether oxygens (including phenoxy) is 3. The molecule has 7 nitrogen and oxygen atoms in total. The number of amides is 1. The second-order valence-corrected chi connectivity index (χ2v) is 5.70. The van der Waals surface area contributed by atoms with Crippen molar-refractivity contribution >= 4 is 17.7 Å². The molecule has 1 N–H and O–H groups in total. The Hall–Kier alpha value is -3.35. The van der Waals surface area contributed by atoms with Crippen LogP contribution in [0.4, 0.5) is 0 Å². The Balaban J connectivity index is 1.88. The van der Waals surface area contributed by atoms with E-state index >= 15 is 0 Å². The van der Waals surface area contributed by atoms with E-state index in [0.29, 0.717) is 17.1 Å². The Labute approximate surface area is 157 Å². The van der Waals surface area contributed by atoms with E-state index in [4.69, 9.17) is 14.2 Å². The molecule has 0 fully saturated rings. The van der Waals surface area contributed by atoms with E-state index in [1.165, 1.54) is 20.3 Å². The van der Waals surface area contributed by atoms with E-state index in [2.05, 4.69) is 5.32 Å². The van der Waals surface area contributed by atoms with Gasteiger partial charge in [-0.3, -0.25) is 14.4 Å². The van der Waals surface area contributed by atoms with Gasteiger partial charge >= 0.3 is 5.97 Å². The molecular formula is C20H21NO6. The lowest BCUT2D eigenvalue weighted by molar-refractivity contribution is -0.141. The van der Waals surface area contributed by atoms with Gasteiger partial charge in [0.15, 0.2) is 6.61 Å². The highest BCUT2D eigenvalue weighted by molar-refractivity contribution is 6.01. The number of rotatable bonds is 8. The van der Waals surface area contributed by atoms with Crippen molar-refractivity contribution in [2.24, 2.45) is 0 Å².